The number of hydrogen-bond acceptors (Lipinski definition) is 3. The molecule has 13 aromatic rings. The van der Waals surface area contributed by atoms with Crippen LogP contribution in [0.3, 0.4) is 0 Å². The van der Waals surface area contributed by atoms with Gasteiger partial charge in [0.15, 0.2) is 0 Å². The number of anilines is 3. The predicted octanol–water partition coefficient (Wildman–Crippen LogP) is 18.0. The Hall–Kier alpha value is -7.76. The van der Waals surface area contributed by atoms with Crippen molar-refractivity contribution in [3.8, 4) is 39.1 Å². The van der Waals surface area contributed by atoms with E-state index < -0.39 is 0 Å². The van der Waals surface area contributed by atoms with Crippen LogP contribution >= 0.6 is 22.7 Å². The molecule has 4 heteroatoms. The Kier molecular flexibility index (Phi) is 8.61. The first kappa shape index (κ1) is 36.9. The first-order chi connectivity index (χ1) is 31.7. The summed E-state index contributed by atoms with van der Waals surface area (Å²) < 4.78 is 7.52. The van der Waals surface area contributed by atoms with Crippen LogP contribution < -0.4 is 4.90 Å². The van der Waals surface area contributed by atoms with Crippen molar-refractivity contribution in [1.29, 1.82) is 0 Å². The summed E-state index contributed by atoms with van der Waals surface area (Å²) in [6.45, 7) is 0. The van der Waals surface area contributed by atoms with Gasteiger partial charge in [0.25, 0.3) is 0 Å². The van der Waals surface area contributed by atoms with E-state index in [1.165, 1.54) is 95.5 Å². The van der Waals surface area contributed by atoms with Crippen molar-refractivity contribution in [3.05, 3.63) is 231 Å². The maximum atomic E-state index is 2.49. The smallest absolute Gasteiger partial charge is 0.0555 e. The molecule has 0 saturated carbocycles. The van der Waals surface area contributed by atoms with Gasteiger partial charge in [-0.15, -0.1) is 22.7 Å². The van der Waals surface area contributed by atoms with Gasteiger partial charge in [-0.2, -0.15) is 0 Å². The van der Waals surface area contributed by atoms with Crippen molar-refractivity contribution in [2.24, 2.45) is 0 Å². The van der Waals surface area contributed by atoms with E-state index in [0.717, 1.165) is 22.7 Å². The Morgan fingerprint density at radius 3 is 1.45 bits per heavy atom. The Morgan fingerprint density at radius 2 is 0.828 bits per heavy atom. The van der Waals surface area contributed by atoms with Gasteiger partial charge in [0, 0.05) is 68.2 Å². The Labute approximate surface area is 378 Å². The molecule has 2 nitrogen and oxygen atoms in total. The Balaban J connectivity index is 1.04. The van der Waals surface area contributed by atoms with Crippen LogP contribution in [-0.4, -0.2) is 4.57 Å². The van der Waals surface area contributed by atoms with Crippen LogP contribution in [0.15, 0.2) is 231 Å². The third-order valence-corrected chi connectivity index (χ3v) is 15.1. The monoisotopic (exact) mass is 850 g/mol. The molecular weight excluding hydrogens is 813 g/mol. The fourth-order valence-corrected chi connectivity index (χ4v) is 12.3. The lowest BCUT2D eigenvalue weighted by molar-refractivity contribution is 1.17. The second kappa shape index (κ2) is 15.0. The highest BCUT2D eigenvalue weighted by molar-refractivity contribution is 7.26. The van der Waals surface area contributed by atoms with E-state index in [-0.39, 0.29) is 0 Å². The molecule has 0 N–H and O–H groups in total. The number of rotatable bonds is 7. The van der Waals surface area contributed by atoms with Crippen LogP contribution in [0.1, 0.15) is 0 Å². The summed E-state index contributed by atoms with van der Waals surface area (Å²) in [5.41, 5.74) is 14.3. The van der Waals surface area contributed by atoms with Crippen LogP contribution in [0.4, 0.5) is 17.1 Å². The molecule has 3 aromatic heterocycles. The van der Waals surface area contributed by atoms with E-state index in [2.05, 4.69) is 240 Å². The standard InChI is InChI=1S/C60H38N2S2/c1-4-14-39(15-5-1)42-24-31-50-51-33-30-46(38-58(51)63-56(50)36-42)61(44-26-28-45(29-27-44)62-53-22-12-10-20-48(53)49-21-11-13-23-54(49)62)55-35-34-47(41-18-8-3-9-19-41)60-59(55)52-32-25-43(37-57(52)64-60)40-16-6-2-7-17-40/h1-38H. The Bertz CT molecular complexity index is 3830. The summed E-state index contributed by atoms with van der Waals surface area (Å²) in [7, 11) is 0. The quantitative estimate of drug-likeness (QED) is 0.155. The zero-order chi connectivity index (χ0) is 42.1. The van der Waals surface area contributed by atoms with Crippen LogP contribution in [-0.2, 0) is 0 Å². The summed E-state index contributed by atoms with van der Waals surface area (Å²) in [5.74, 6) is 0. The highest BCUT2D eigenvalue weighted by Gasteiger charge is 2.23. The van der Waals surface area contributed by atoms with Gasteiger partial charge in [0.05, 0.1) is 16.7 Å². The fraction of sp³-hybridized carbons (Fsp3) is 0. The molecule has 0 bridgehead atoms. The van der Waals surface area contributed by atoms with Gasteiger partial charge in [0.1, 0.15) is 0 Å². The van der Waals surface area contributed by atoms with Crippen molar-refractivity contribution < 1.29 is 0 Å². The van der Waals surface area contributed by atoms with Crippen molar-refractivity contribution >= 4 is 102 Å². The molecule has 0 saturated heterocycles. The minimum Gasteiger partial charge on any atom is -0.310 e. The molecule has 10 aromatic carbocycles. The normalized spacial score (nSPS) is 11.8. The van der Waals surface area contributed by atoms with Gasteiger partial charge in [-0.3, -0.25) is 0 Å². The molecule has 0 aliphatic rings. The van der Waals surface area contributed by atoms with Gasteiger partial charge in [-0.1, -0.05) is 164 Å². The van der Waals surface area contributed by atoms with Gasteiger partial charge in [-0.25, -0.2) is 0 Å². The largest absolute Gasteiger partial charge is 0.310 e. The molecule has 300 valence electrons. The molecule has 0 unspecified atom stereocenters. The molecule has 3 heterocycles. The molecule has 0 fully saturated rings. The lowest BCUT2D eigenvalue weighted by Crippen LogP contribution is -2.10. The number of benzene rings is 10. The number of nitrogens with zero attached hydrogens (tertiary/aromatic N) is 2. The molecule has 0 spiro atoms. The number of fused-ring (bicyclic) bond motifs is 9. The Morgan fingerprint density at radius 1 is 0.328 bits per heavy atom. The van der Waals surface area contributed by atoms with Gasteiger partial charge < -0.3 is 9.47 Å². The van der Waals surface area contributed by atoms with Crippen LogP contribution in [0.5, 0.6) is 0 Å². The summed E-state index contributed by atoms with van der Waals surface area (Å²) in [4.78, 5) is 2.49. The summed E-state index contributed by atoms with van der Waals surface area (Å²) in [6.07, 6.45) is 0. The van der Waals surface area contributed by atoms with E-state index in [1.807, 2.05) is 22.7 Å². The van der Waals surface area contributed by atoms with Crippen LogP contribution in [0.25, 0.3) is 101 Å². The average molecular weight is 851 g/mol. The second-order valence-electron chi connectivity index (χ2n) is 16.5. The van der Waals surface area contributed by atoms with Crippen LogP contribution in [0, 0.1) is 0 Å². The molecule has 0 aliphatic carbocycles. The van der Waals surface area contributed by atoms with Crippen molar-refractivity contribution in [1.82, 2.24) is 4.57 Å². The lowest BCUT2D eigenvalue weighted by Gasteiger charge is -2.27. The number of aromatic nitrogens is 1. The van der Waals surface area contributed by atoms with E-state index in [4.69, 9.17) is 0 Å². The zero-order valence-electron chi connectivity index (χ0n) is 34.7. The molecule has 0 aliphatic heterocycles. The number of para-hydroxylation sites is 2. The lowest BCUT2D eigenvalue weighted by atomic mass is 9.98. The minimum atomic E-state index is 1.10. The SMILES string of the molecule is c1ccc(-c2ccc3c(c2)sc2cc(N(c4ccc(-n5c6ccccc6c6ccccc65)cc4)c4ccc(-c5ccccc5)c5sc6cc(-c7ccccc7)ccc6c45)ccc23)cc1. The fourth-order valence-electron chi connectivity index (χ4n) is 9.80. The maximum absolute atomic E-state index is 2.49. The van der Waals surface area contributed by atoms with E-state index in [1.54, 1.807) is 0 Å². The summed E-state index contributed by atoms with van der Waals surface area (Å²) in [5, 5.41) is 7.62. The summed E-state index contributed by atoms with van der Waals surface area (Å²) in [6, 6.07) is 84.6. The third-order valence-electron chi connectivity index (χ3n) is 12.8. The number of hydrogen-bond donors (Lipinski definition) is 0. The van der Waals surface area contributed by atoms with Gasteiger partial charge in [0.2, 0.25) is 0 Å². The zero-order valence-corrected chi connectivity index (χ0v) is 36.3. The van der Waals surface area contributed by atoms with E-state index >= 15 is 0 Å². The third kappa shape index (κ3) is 5.99. The molecule has 0 atom stereocenters. The average Bonchev–Trinajstić information content (AvgIpc) is 4.04. The second-order valence-corrected chi connectivity index (χ2v) is 18.6. The first-order valence-electron chi connectivity index (χ1n) is 21.7. The topological polar surface area (TPSA) is 8.17 Å². The van der Waals surface area contributed by atoms with Gasteiger partial charge >= 0.3 is 0 Å². The minimum absolute atomic E-state index is 1.10. The maximum Gasteiger partial charge on any atom is 0.0555 e. The predicted molar refractivity (Wildman–Crippen MR) is 278 cm³/mol. The first-order valence-corrected chi connectivity index (χ1v) is 23.4. The van der Waals surface area contributed by atoms with Crippen molar-refractivity contribution in [2.45, 2.75) is 0 Å². The highest BCUT2D eigenvalue weighted by atomic mass is 32.1. The molecular formula is C60H38N2S2. The van der Waals surface area contributed by atoms with E-state index in [0.29, 0.717) is 0 Å². The molecule has 13 rings (SSSR count). The van der Waals surface area contributed by atoms with E-state index in [9.17, 15) is 0 Å². The molecule has 0 radical (unpaired) electrons. The molecule has 64 heavy (non-hydrogen) atoms. The van der Waals surface area contributed by atoms with Crippen molar-refractivity contribution in [2.75, 3.05) is 4.90 Å². The molecule has 0 amide bonds. The van der Waals surface area contributed by atoms with Crippen molar-refractivity contribution in [3.63, 3.8) is 0 Å². The summed E-state index contributed by atoms with van der Waals surface area (Å²) >= 11 is 3.77. The number of thiophene rings is 2. The van der Waals surface area contributed by atoms with Crippen LogP contribution in [0.2, 0.25) is 0 Å². The highest BCUT2D eigenvalue weighted by Crippen LogP contribution is 2.50. The van der Waals surface area contributed by atoms with Gasteiger partial charge in [-0.05, 0) is 100 Å².